The summed E-state index contributed by atoms with van der Waals surface area (Å²) >= 11 is 6.32. The molecule has 0 radical (unpaired) electrons. The van der Waals surface area contributed by atoms with Gasteiger partial charge in [-0.05, 0) is 30.3 Å². The SMILES string of the molecule is COc1cc(Nc2ncc3c(n2)C2C=CC(Cl)=CC2C(c2c(F)cccc2OCC(F)(F)F)=NC3)ccc1C(=O)O. The monoisotopic (exact) mass is 588 g/mol. The summed E-state index contributed by atoms with van der Waals surface area (Å²) in [7, 11) is 1.35. The van der Waals surface area contributed by atoms with E-state index in [9.17, 15) is 23.1 Å². The number of hydrogen-bond donors (Lipinski definition) is 2. The molecular weight excluding hydrogens is 568 g/mol. The van der Waals surface area contributed by atoms with E-state index in [1.165, 1.54) is 37.4 Å². The van der Waals surface area contributed by atoms with Crippen molar-refractivity contribution in [1.29, 1.82) is 0 Å². The standard InChI is InChI=1S/C28H21ClF4N4O4/c1-40-22-10-16(6-8-18(22)26(38)39)36-27-35-12-14-11-34-25(19-9-15(29)5-7-17(19)24(14)37-27)23-20(30)3-2-4-21(23)41-13-28(31,32)33/h2-10,12,17,19H,11,13H2,1H3,(H,38,39)(H,35,36,37). The molecule has 2 aliphatic rings. The lowest BCUT2D eigenvalue weighted by molar-refractivity contribution is -0.153. The fourth-order valence-corrected chi connectivity index (χ4v) is 4.88. The van der Waals surface area contributed by atoms with Crippen LogP contribution in [0.2, 0.25) is 0 Å². The van der Waals surface area contributed by atoms with Crippen molar-refractivity contribution < 1.29 is 36.9 Å². The number of allylic oxidation sites excluding steroid dienone is 4. The van der Waals surface area contributed by atoms with Crippen molar-refractivity contribution in [1.82, 2.24) is 9.97 Å². The Morgan fingerprint density at radius 2 is 2.00 bits per heavy atom. The highest BCUT2D eigenvalue weighted by Crippen LogP contribution is 2.41. The average molecular weight is 589 g/mol. The third-order valence-corrected chi connectivity index (χ3v) is 6.70. The van der Waals surface area contributed by atoms with Crippen LogP contribution in [-0.4, -0.2) is 46.6 Å². The second kappa shape index (κ2) is 11.2. The van der Waals surface area contributed by atoms with Gasteiger partial charge in [0, 0.05) is 40.4 Å². The summed E-state index contributed by atoms with van der Waals surface area (Å²) in [4.78, 5) is 25.0. The summed E-state index contributed by atoms with van der Waals surface area (Å²) in [5, 5.41) is 12.7. The highest BCUT2D eigenvalue weighted by Gasteiger charge is 2.36. The molecule has 2 unspecified atom stereocenters. The van der Waals surface area contributed by atoms with Gasteiger partial charge in [0.05, 0.1) is 30.6 Å². The van der Waals surface area contributed by atoms with Gasteiger partial charge in [-0.2, -0.15) is 13.2 Å². The number of alkyl halides is 3. The van der Waals surface area contributed by atoms with Crippen molar-refractivity contribution in [3.8, 4) is 11.5 Å². The Bertz CT molecular complexity index is 1610. The van der Waals surface area contributed by atoms with Gasteiger partial charge in [-0.1, -0.05) is 29.8 Å². The molecule has 1 aliphatic carbocycles. The Morgan fingerprint density at radius 3 is 2.73 bits per heavy atom. The molecule has 0 saturated heterocycles. The van der Waals surface area contributed by atoms with E-state index in [0.29, 0.717) is 22.0 Å². The first-order valence-corrected chi connectivity index (χ1v) is 12.5. The number of aromatic carboxylic acids is 1. The second-order valence-electron chi connectivity index (χ2n) is 9.13. The van der Waals surface area contributed by atoms with Gasteiger partial charge in [0.25, 0.3) is 0 Å². The van der Waals surface area contributed by atoms with Crippen LogP contribution in [0.25, 0.3) is 0 Å². The Morgan fingerprint density at radius 1 is 1.20 bits per heavy atom. The maximum atomic E-state index is 15.2. The van der Waals surface area contributed by atoms with E-state index in [1.807, 2.05) is 0 Å². The summed E-state index contributed by atoms with van der Waals surface area (Å²) in [6.45, 7) is -1.58. The van der Waals surface area contributed by atoms with Crippen LogP contribution in [0.15, 0.2) is 70.8 Å². The Kier molecular flexibility index (Phi) is 7.68. The second-order valence-corrected chi connectivity index (χ2v) is 9.57. The van der Waals surface area contributed by atoms with Gasteiger partial charge in [0.2, 0.25) is 5.95 Å². The molecule has 0 spiro atoms. The molecule has 2 aromatic carbocycles. The zero-order valence-corrected chi connectivity index (χ0v) is 22.0. The molecule has 5 rings (SSSR count). The fourth-order valence-electron chi connectivity index (χ4n) is 4.68. The zero-order chi connectivity index (χ0) is 29.3. The van der Waals surface area contributed by atoms with Gasteiger partial charge in [0.15, 0.2) is 6.61 Å². The van der Waals surface area contributed by atoms with E-state index < -0.39 is 36.4 Å². The minimum Gasteiger partial charge on any atom is -0.496 e. The van der Waals surface area contributed by atoms with E-state index in [0.717, 1.165) is 6.07 Å². The number of rotatable bonds is 7. The molecule has 212 valence electrons. The highest BCUT2D eigenvalue weighted by atomic mass is 35.5. The smallest absolute Gasteiger partial charge is 0.422 e. The topological polar surface area (TPSA) is 106 Å². The number of carboxylic acids is 1. The lowest BCUT2D eigenvalue weighted by Crippen LogP contribution is -2.25. The molecular formula is C28H21ClF4N4O4. The molecule has 13 heteroatoms. The van der Waals surface area contributed by atoms with Gasteiger partial charge < -0.3 is 19.9 Å². The van der Waals surface area contributed by atoms with Crippen LogP contribution >= 0.6 is 11.6 Å². The third-order valence-electron chi connectivity index (χ3n) is 6.45. The summed E-state index contributed by atoms with van der Waals surface area (Å²) in [6, 6.07) is 8.06. The third kappa shape index (κ3) is 6.02. The van der Waals surface area contributed by atoms with E-state index in [4.69, 9.17) is 21.1 Å². The van der Waals surface area contributed by atoms with Crippen molar-refractivity contribution >= 4 is 34.9 Å². The molecule has 0 saturated carbocycles. The lowest BCUT2D eigenvalue weighted by atomic mass is 9.79. The number of fused-ring (bicyclic) bond motifs is 3. The first kappa shape index (κ1) is 28.1. The number of halogens is 5. The number of aromatic nitrogens is 2. The molecule has 8 nitrogen and oxygen atoms in total. The minimum atomic E-state index is -4.62. The molecule has 0 bridgehead atoms. The minimum absolute atomic E-state index is 0.0175. The Balaban J connectivity index is 1.52. The van der Waals surface area contributed by atoms with Crippen molar-refractivity contribution in [2.45, 2.75) is 18.6 Å². The number of nitrogens with zero attached hydrogens (tertiary/aromatic N) is 3. The molecule has 2 N–H and O–H groups in total. The highest BCUT2D eigenvalue weighted by molar-refractivity contribution is 6.31. The predicted octanol–water partition coefficient (Wildman–Crippen LogP) is 6.40. The van der Waals surface area contributed by atoms with Crippen LogP contribution in [0.5, 0.6) is 11.5 Å². The van der Waals surface area contributed by atoms with E-state index in [2.05, 4.69) is 20.3 Å². The summed E-state index contributed by atoms with van der Waals surface area (Å²) in [6.07, 6.45) is 1.99. The van der Waals surface area contributed by atoms with E-state index in [-0.39, 0.29) is 40.8 Å². The van der Waals surface area contributed by atoms with Crippen LogP contribution in [0.4, 0.5) is 29.2 Å². The number of benzene rings is 2. The number of aliphatic imine (C=N–C) groups is 1. The number of carboxylic acid groups (broad SMARTS) is 1. The number of ether oxygens (including phenoxy) is 2. The average Bonchev–Trinajstić information content (AvgIpc) is 3.07. The molecule has 2 atom stereocenters. The Labute approximate surface area is 236 Å². The maximum absolute atomic E-state index is 15.2. The van der Waals surface area contributed by atoms with Crippen molar-refractivity contribution in [3.05, 3.63) is 94.1 Å². The summed E-state index contributed by atoms with van der Waals surface area (Å²) < 4.78 is 64.2. The number of hydrogen-bond acceptors (Lipinski definition) is 7. The summed E-state index contributed by atoms with van der Waals surface area (Å²) in [5.74, 6) is -3.11. The first-order chi connectivity index (χ1) is 19.5. The van der Waals surface area contributed by atoms with E-state index >= 15 is 4.39 Å². The van der Waals surface area contributed by atoms with Gasteiger partial charge in [-0.3, -0.25) is 4.99 Å². The van der Waals surface area contributed by atoms with Crippen LogP contribution in [0, 0.1) is 11.7 Å². The normalized spacial score (nSPS) is 17.9. The largest absolute Gasteiger partial charge is 0.496 e. The van der Waals surface area contributed by atoms with Crippen molar-refractivity contribution in [3.63, 3.8) is 0 Å². The fraction of sp³-hybridized carbons (Fsp3) is 0.214. The van der Waals surface area contributed by atoms with Crippen LogP contribution in [0.3, 0.4) is 0 Å². The predicted molar refractivity (Wildman–Crippen MR) is 143 cm³/mol. The van der Waals surface area contributed by atoms with Crippen LogP contribution in [-0.2, 0) is 6.54 Å². The van der Waals surface area contributed by atoms with Crippen LogP contribution < -0.4 is 14.8 Å². The zero-order valence-electron chi connectivity index (χ0n) is 21.2. The van der Waals surface area contributed by atoms with Gasteiger partial charge in [-0.15, -0.1) is 0 Å². The van der Waals surface area contributed by atoms with E-state index in [1.54, 1.807) is 24.4 Å². The number of carbonyl (C=O) groups is 1. The first-order valence-electron chi connectivity index (χ1n) is 12.2. The number of methoxy groups -OCH3 is 1. The van der Waals surface area contributed by atoms with Gasteiger partial charge in [0.1, 0.15) is 22.9 Å². The molecule has 1 aromatic heterocycles. The van der Waals surface area contributed by atoms with Crippen LogP contribution in [0.1, 0.15) is 33.1 Å². The molecule has 0 fully saturated rings. The summed E-state index contributed by atoms with van der Waals surface area (Å²) in [5.41, 5.74) is 1.59. The quantitative estimate of drug-likeness (QED) is 0.308. The molecule has 1 aliphatic heterocycles. The van der Waals surface area contributed by atoms with Gasteiger partial charge in [-0.25, -0.2) is 19.2 Å². The number of anilines is 2. The number of nitrogens with one attached hydrogen (secondary N) is 1. The Hall–Kier alpha value is -4.45. The lowest BCUT2D eigenvalue weighted by Gasteiger charge is -2.26. The molecule has 0 amide bonds. The van der Waals surface area contributed by atoms with Crippen molar-refractivity contribution in [2.75, 3.05) is 19.0 Å². The maximum Gasteiger partial charge on any atom is 0.422 e. The molecule has 2 heterocycles. The van der Waals surface area contributed by atoms with Crippen molar-refractivity contribution in [2.24, 2.45) is 10.9 Å². The molecule has 3 aromatic rings. The van der Waals surface area contributed by atoms with Gasteiger partial charge >= 0.3 is 12.1 Å². The molecule has 41 heavy (non-hydrogen) atoms.